The van der Waals surface area contributed by atoms with E-state index >= 15 is 0 Å². The number of halogens is 1. The third-order valence-corrected chi connectivity index (χ3v) is 10.4. The molecule has 38 heavy (non-hydrogen) atoms. The first-order chi connectivity index (χ1) is 17.7. The fourth-order valence-electron chi connectivity index (χ4n) is 4.73. The van der Waals surface area contributed by atoms with Crippen LogP contribution < -0.4 is 0 Å². The minimum atomic E-state index is -3.85. The van der Waals surface area contributed by atoms with Gasteiger partial charge in [-0.25, -0.2) is 13.2 Å². The zero-order chi connectivity index (χ0) is 28.4. The molecule has 0 amide bonds. The molecule has 0 spiro atoms. The molecule has 2 aromatic carbocycles. The standard InChI is InChI=1S/C26H33IN2O7S2/c1-7-35-25(30)23(36-26(4,5)6)22-16(2)20-12-14-28(15-13-21(20)17(3)24(22)37-27)38(33,34)19-10-8-18(9-11-19)29(31)32/h8-11,23H,7,12-15H2,1-6H3/t23-/m0/s1. The summed E-state index contributed by atoms with van der Waals surface area (Å²) in [5.41, 5.74) is 3.99. The van der Waals surface area contributed by atoms with Crippen molar-refractivity contribution >= 4 is 51.8 Å². The number of nitro groups is 1. The molecule has 208 valence electrons. The molecule has 0 unspecified atom stereocenters. The van der Waals surface area contributed by atoms with Gasteiger partial charge in [0, 0.05) is 56.9 Å². The Morgan fingerprint density at radius 2 is 1.68 bits per heavy atom. The molecule has 0 aliphatic carbocycles. The maximum absolute atomic E-state index is 13.4. The molecule has 1 aliphatic rings. The van der Waals surface area contributed by atoms with E-state index in [1.807, 2.05) is 34.6 Å². The van der Waals surface area contributed by atoms with Crippen molar-refractivity contribution in [2.75, 3.05) is 19.7 Å². The molecule has 0 saturated heterocycles. The highest BCUT2D eigenvalue weighted by Crippen LogP contribution is 2.44. The number of sulfonamides is 1. The van der Waals surface area contributed by atoms with Crippen molar-refractivity contribution in [3.05, 3.63) is 62.2 Å². The van der Waals surface area contributed by atoms with Crippen molar-refractivity contribution in [3.63, 3.8) is 0 Å². The van der Waals surface area contributed by atoms with Gasteiger partial charge in [0.1, 0.15) is 0 Å². The van der Waals surface area contributed by atoms with E-state index in [0.717, 1.165) is 32.7 Å². The van der Waals surface area contributed by atoms with Crippen molar-refractivity contribution in [2.45, 2.75) is 75.9 Å². The number of benzene rings is 2. The molecule has 0 radical (unpaired) electrons. The molecule has 9 nitrogen and oxygen atoms in total. The lowest BCUT2D eigenvalue weighted by molar-refractivity contribution is -0.384. The van der Waals surface area contributed by atoms with Gasteiger partial charge in [-0.05, 0) is 88.8 Å². The first-order valence-electron chi connectivity index (χ1n) is 12.2. The summed E-state index contributed by atoms with van der Waals surface area (Å²) in [5.74, 6) is -0.451. The molecule has 0 aromatic heterocycles. The molecule has 2 aromatic rings. The topological polar surface area (TPSA) is 116 Å². The smallest absolute Gasteiger partial charge is 0.340 e. The van der Waals surface area contributed by atoms with Crippen LogP contribution in [0.15, 0.2) is 34.1 Å². The molecule has 0 bridgehead atoms. The minimum absolute atomic E-state index is 0.0210. The maximum atomic E-state index is 13.4. The van der Waals surface area contributed by atoms with Gasteiger partial charge >= 0.3 is 5.97 Å². The Morgan fingerprint density at radius 3 is 2.16 bits per heavy atom. The zero-order valence-electron chi connectivity index (χ0n) is 22.4. The van der Waals surface area contributed by atoms with Gasteiger partial charge in [0.2, 0.25) is 10.0 Å². The third kappa shape index (κ3) is 6.52. The molecule has 0 saturated carbocycles. The number of non-ortho nitro benzene ring substituents is 1. The van der Waals surface area contributed by atoms with E-state index in [0.29, 0.717) is 12.8 Å². The number of hydrogen-bond donors (Lipinski definition) is 0. The fourth-order valence-corrected chi connectivity index (χ4v) is 8.45. The summed E-state index contributed by atoms with van der Waals surface area (Å²) in [6.07, 6.45) is 0.0425. The van der Waals surface area contributed by atoms with Gasteiger partial charge in [0.25, 0.3) is 5.69 Å². The molecule has 1 aliphatic heterocycles. The van der Waals surface area contributed by atoms with Crippen molar-refractivity contribution in [1.82, 2.24) is 4.31 Å². The van der Waals surface area contributed by atoms with E-state index in [2.05, 4.69) is 21.2 Å². The lowest BCUT2D eigenvalue weighted by Crippen LogP contribution is -2.33. The average Bonchev–Trinajstić information content (AvgIpc) is 3.08. The van der Waals surface area contributed by atoms with Crippen LogP contribution in [0, 0.1) is 24.0 Å². The van der Waals surface area contributed by atoms with Gasteiger partial charge in [0.05, 0.1) is 22.0 Å². The summed E-state index contributed by atoms with van der Waals surface area (Å²) < 4.78 is 39.9. The second kappa shape index (κ2) is 12.2. The fraction of sp³-hybridized carbons (Fsp3) is 0.500. The van der Waals surface area contributed by atoms with Crippen LogP contribution in [0.5, 0.6) is 0 Å². The lowest BCUT2D eigenvalue weighted by Gasteiger charge is -2.30. The number of ether oxygens (including phenoxy) is 2. The highest BCUT2D eigenvalue weighted by atomic mass is 127. The first kappa shape index (κ1) is 30.8. The van der Waals surface area contributed by atoms with E-state index < -0.39 is 32.6 Å². The number of rotatable bonds is 8. The van der Waals surface area contributed by atoms with Crippen molar-refractivity contribution in [2.24, 2.45) is 0 Å². The van der Waals surface area contributed by atoms with Gasteiger partial charge in [-0.2, -0.15) is 4.31 Å². The highest BCUT2D eigenvalue weighted by Gasteiger charge is 2.36. The summed E-state index contributed by atoms with van der Waals surface area (Å²) in [6.45, 7) is 12.1. The summed E-state index contributed by atoms with van der Waals surface area (Å²) in [5, 5.41) is 11.0. The van der Waals surface area contributed by atoms with Crippen LogP contribution in [0.1, 0.15) is 61.6 Å². The summed E-state index contributed by atoms with van der Waals surface area (Å²) >= 11 is 2.21. The van der Waals surface area contributed by atoms with Gasteiger partial charge in [0.15, 0.2) is 6.10 Å². The normalized spacial score (nSPS) is 15.4. The number of carbonyl (C=O) groups excluding carboxylic acids is 1. The van der Waals surface area contributed by atoms with Crippen LogP contribution in [0.4, 0.5) is 5.69 Å². The van der Waals surface area contributed by atoms with Crippen LogP contribution in [-0.4, -0.2) is 48.9 Å². The predicted molar refractivity (Wildman–Crippen MR) is 155 cm³/mol. The van der Waals surface area contributed by atoms with E-state index in [9.17, 15) is 23.3 Å². The van der Waals surface area contributed by atoms with Crippen LogP contribution in [0.25, 0.3) is 0 Å². The van der Waals surface area contributed by atoms with Gasteiger partial charge < -0.3 is 9.47 Å². The quantitative estimate of drug-likeness (QED) is 0.148. The minimum Gasteiger partial charge on any atom is -0.464 e. The summed E-state index contributed by atoms with van der Waals surface area (Å²) in [6, 6.07) is 4.96. The molecule has 12 heteroatoms. The Morgan fingerprint density at radius 1 is 1.13 bits per heavy atom. The molecular formula is C26H33IN2O7S2. The molecular weight excluding hydrogens is 643 g/mol. The van der Waals surface area contributed by atoms with Crippen molar-refractivity contribution < 1.29 is 27.6 Å². The van der Waals surface area contributed by atoms with Crippen molar-refractivity contribution in [3.8, 4) is 0 Å². The number of nitrogens with zero attached hydrogens (tertiary/aromatic N) is 2. The van der Waals surface area contributed by atoms with E-state index in [1.165, 1.54) is 37.5 Å². The molecule has 0 N–H and O–H groups in total. The Balaban J connectivity index is 2.05. The Labute approximate surface area is 240 Å². The number of fused-ring (bicyclic) bond motifs is 1. The lowest BCUT2D eigenvalue weighted by atomic mass is 9.87. The third-order valence-electron chi connectivity index (χ3n) is 6.48. The largest absolute Gasteiger partial charge is 0.464 e. The monoisotopic (exact) mass is 676 g/mol. The molecule has 1 heterocycles. The number of esters is 1. The van der Waals surface area contributed by atoms with Crippen LogP contribution in [0.2, 0.25) is 0 Å². The first-order valence-corrected chi connectivity index (χ1v) is 17.0. The summed E-state index contributed by atoms with van der Waals surface area (Å²) in [7, 11) is -2.35. The van der Waals surface area contributed by atoms with Gasteiger partial charge in [-0.3, -0.25) is 10.1 Å². The SMILES string of the molecule is CCOC(=O)[C@@H](OC(C)(C)C)c1c(C)c2c(c(C)c1SI)CCN(S(=O)(=O)c1ccc([N+](=O)[O-])cc1)CC2. The molecule has 1 atom stereocenters. The number of hydrogen-bond acceptors (Lipinski definition) is 8. The Kier molecular flexibility index (Phi) is 9.88. The molecule has 3 rings (SSSR count). The van der Waals surface area contributed by atoms with E-state index in [4.69, 9.17) is 9.47 Å². The zero-order valence-corrected chi connectivity index (χ0v) is 26.2. The van der Waals surface area contributed by atoms with Crippen LogP contribution in [-0.2, 0) is 37.1 Å². The van der Waals surface area contributed by atoms with Crippen LogP contribution in [0.3, 0.4) is 0 Å². The van der Waals surface area contributed by atoms with E-state index in [-0.39, 0.29) is 30.3 Å². The maximum Gasteiger partial charge on any atom is 0.340 e. The van der Waals surface area contributed by atoms with Gasteiger partial charge in [-0.15, -0.1) is 0 Å². The molecule has 0 fully saturated rings. The second-order valence-corrected chi connectivity index (χ2v) is 13.9. The Hall–Kier alpha value is -1.74. The average molecular weight is 677 g/mol. The highest BCUT2D eigenvalue weighted by molar-refractivity contribution is 14.2. The van der Waals surface area contributed by atoms with E-state index in [1.54, 1.807) is 6.92 Å². The number of nitro benzene ring substituents is 1. The van der Waals surface area contributed by atoms with Crippen molar-refractivity contribution in [1.29, 1.82) is 0 Å². The van der Waals surface area contributed by atoms with Gasteiger partial charge in [-0.1, -0.05) is 8.93 Å². The van der Waals surface area contributed by atoms with Crippen LogP contribution >= 0.6 is 30.1 Å². The second-order valence-electron chi connectivity index (χ2n) is 10.0. The number of carbonyl (C=O) groups is 1. The Bertz CT molecular complexity index is 1320. The summed E-state index contributed by atoms with van der Waals surface area (Å²) in [4.78, 5) is 24.5. The predicted octanol–water partition coefficient (Wildman–Crippen LogP) is 5.86.